The average Bonchev–Trinajstić information content (AvgIpc) is 2.36. The summed E-state index contributed by atoms with van der Waals surface area (Å²) in [7, 11) is 1.34. The number of hydrogen-bond donors (Lipinski definition) is 1. The number of benzene rings is 1. The Morgan fingerprint density at radius 1 is 1.35 bits per heavy atom. The normalized spacial score (nSPS) is 15.8. The Hall–Kier alpha value is -2.04. The number of esters is 1. The van der Waals surface area contributed by atoms with Gasteiger partial charge in [-0.05, 0) is 38.8 Å². The highest BCUT2D eigenvalue weighted by molar-refractivity contribution is 5.96. The summed E-state index contributed by atoms with van der Waals surface area (Å²) < 4.78 is 10.7. The van der Waals surface area contributed by atoms with Crippen LogP contribution in [0, 0.1) is 0 Å². The van der Waals surface area contributed by atoms with Crippen LogP contribution in [0.15, 0.2) is 12.1 Å². The van der Waals surface area contributed by atoms with Crippen molar-refractivity contribution in [2.24, 2.45) is 0 Å². The zero-order valence-electron chi connectivity index (χ0n) is 12.2. The second-order valence-electron chi connectivity index (χ2n) is 5.50. The predicted molar refractivity (Wildman–Crippen MR) is 75.1 cm³/mol. The van der Waals surface area contributed by atoms with Crippen LogP contribution in [-0.4, -0.2) is 24.6 Å². The number of methoxy groups -OCH3 is 1. The van der Waals surface area contributed by atoms with E-state index in [0.29, 0.717) is 17.0 Å². The molecule has 0 aromatic heterocycles. The summed E-state index contributed by atoms with van der Waals surface area (Å²) in [5.74, 6) is -0.0736. The van der Waals surface area contributed by atoms with Gasteiger partial charge in [-0.1, -0.05) is 0 Å². The average molecular weight is 277 g/mol. The Balaban J connectivity index is 2.54. The molecule has 2 rings (SSSR count). The monoisotopic (exact) mass is 277 g/mol. The molecule has 1 heterocycles. The molecule has 1 aromatic rings. The molecule has 1 amide bonds. The van der Waals surface area contributed by atoms with Gasteiger partial charge in [0.1, 0.15) is 16.9 Å². The molecule has 20 heavy (non-hydrogen) atoms. The van der Waals surface area contributed by atoms with Crippen molar-refractivity contribution >= 4 is 17.6 Å². The highest BCUT2D eigenvalue weighted by atomic mass is 16.5. The Labute approximate surface area is 118 Å². The number of nitrogens with one attached hydrogen (secondary N) is 1. The van der Waals surface area contributed by atoms with Crippen molar-refractivity contribution in [3.8, 4) is 5.75 Å². The van der Waals surface area contributed by atoms with Crippen molar-refractivity contribution in [1.29, 1.82) is 0 Å². The minimum Gasteiger partial charge on any atom is -0.487 e. The minimum atomic E-state index is -0.437. The Morgan fingerprint density at radius 2 is 2.05 bits per heavy atom. The lowest BCUT2D eigenvalue weighted by atomic mass is 9.91. The molecule has 5 heteroatoms. The van der Waals surface area contributed by atoms with E-state index < -0.39 is 5.97 Å². The van der Waals surface area contributed by atoms with Crippen molar-refractivity contribution < 1.29 is 19.1 Å². The van der Waals surface area contributed by atoms with Crippen molar-refractivity contribution in [2.45, 2.75) is 39.2 Å². The molecule has 0 saturated carbocycles. The standard InChI is InChI=1S/C15H19NO4/c1-9(17)16-12-6-5-11(14(18)19-4)13-10(12)7-8-15(2,3)20-13/h5-6H,7-8H2,1-4H3,(H,16,17). The predicted octanol–water partition coefficient (Wildman–Crippen LogP) is 2.54. The number of rotatable bonds is 2. The topological polar surface area (TPSA) is 64.6 Å². The summed E-state index contributed by atoms with van der Waals surface area (Å²) in [6.45, 7) is 5.40. The Morgan fingerprint density at radius 3 is 2.65 bits per heavy atom. The summed E-state index contributed by atoms with van der Waals surface area (Å²) in [5, 5.41) is 2.77. The quantitative estimate of drug-likeness (QED) is 0.844. The first-order chi connectivity index (χ1) is 9.34. The van der Waals surface area contributed by atoms with Gasteiger partial charge in [0.15, 0.2) is 0 Å². The van der Waals surface area contributed by atoms with Crippen molar-refractivity contribution in [3.05, 3.63) is 23.3 Å². The first-order valence-electron chi connectivity index (χ1n) is 6.55. The Bertz CT molecular complexity index is 563. The molecule has 1 aliphatic heterocycles. The lowest BCUT2D eigenvalue weighted by molar-refractivity contribution is -0.114. The maximum atomic E-state index is 11.8. The molecular weight excluding hydrogens is 258 g/mol. The minimum absolute atomic E-state index is 0.150. The van der Waals surface area contributed by atoms with Gasteiger partial charge in [-0.2, -0.15) is 0 Å². The van der Waals surface area contributed by atoms with Crippen molar-refractivity contribution in [1.82, 2.24) is 0 Å². The van der Waals surface area contributed by atoms with E-state index in [2.05, 4.69) is 5.32 Å². The summed E-state index contributed by atoms with van der Waals surface area (Å²) in [4.78, 5) is 23.1. The third kappa shape index (κ3) is 2.76. The summed E-state index contributed by atoms with van der Waals surface area (Å²) >= 11 is 0. The van der Waals surface area contributed by atoms with Crippen LogP contribution in [0.2, 0.25) is 0 Å². The van der Waals surface area contributed by atoms with E-state index in [-0.39, 0.29) is 11.5 Å². The number of hydrogen-bond acceptors (Lipinski definition) is 4. The van der Waals surface area contributed by atoms with Crippen LogP contribution in [0.1, 0.15) is 43.1 Å². The van der Waals surface area contributed by atoms with Crippen LogP contribution in [0.5, 0.6) is 5.75 Å². The van der Waals surface area contributed by atoms with Gasteiger partial charge < -0.3 is 14.8 Å². The van der Waals surface area contributed by atoms with Crippen molar-refractivity contribution in [2.75, 3.05) is 12.4 Å². The first kappa shape index (κ1) is 14.4. The van der Waals surface area contributed by atoms with Gasteiger partial charge in [0.2, 0.25) is 5.91 Å². The molecule has 108 valence electrons. The SMILES string of the molecule is COC(=O)c1ccc(NC(C)=O)c2c1OC(C)(C)CC2. The van der Waals surface area contributed by atoms with E-state index in [1.807, 2.05) is 13.8 Å². The molecular formula is C15H19NO4. The summed E-state index contributed by atoms with van der Waals surface area (Å²) in [6, 6.07) is 3.34. The third-order valence-electron chi connectivity index (χ3n) is 3.33. The second kappa shape index (κ2) is 5.15. The number of carbonyl (C=O) groups is 2. The fraction of sp³-hybridized carbons (Fsp3) is 0.467. The second-order valence-corrected chi connectivity index (χ2v) is 5.50. The smallest absolute Gasteiger partial charge is 0.341 e. The third-order valence-corrected chi connectivity index (χ3v) is 3.33. The largest absolute Gasteiger partial charge is 0.487 e. The maximum absolute atomic E-state index is 11.8. The van der Waals surface area contributed by atoms with Gasteiger partial charge in [-0.25, -0.2) is 4.79 Å². The fourth-order valence-electron chi connectivity index (χ4n) is 2.32. The lowest BCUT2D eigenvalue weighted by Gasteiger charge is -2.34. The molecule has 1 N–H and O–H groups in total. The van der Waals surface area contributed by atoms with Crippen LogP contribution in [0.25, 0.3) is 0 Å². The lowest BCUT2D eigenvalue weighted by Crippen LogP contribution is -2.34. The molecule has 0 atom stereocenters. The van der Waals surface area contributed by atoms with Crippen molar-refractivity contribution in [3.63, 3.8) is 0 Å². The van der Waals surface area contributed by atoms with Gasteiger partial charge in [0.25, 0.3) is 0 Å². The van der Waals surface area contributed by atoms with E-state index in [0.717, 1.165) is 18.4 Å². The van der Waals surface area contributed by atoms with Crippen LogP contribution >= 0.6 is 0 Å². The van der Waals surface area contributed by atoms with Crippen LogP contribution in [0.4, 0.5) is 5.69 Å². The van der Waals surface area contributed by atoms with Gasteiger partial charge in [-0.3, -0.25) is 4.79 Å². The molecule has 0 aliphatic carbocycles. The summed E-state index contributed by atoms with van der Waals surface area (Å²) in [6.07, 6.45) is 1.56. The molecule has 1 aliphatic rings. The molecule has 5 nitrogen and oxygen atoms in total. The van der Waals surface area contributed by atoms with Crippen LogP contribution in [0.3, 0.4) is 0 Å². The van der Waals surface area contributed by atoms with Gasteiger partial charge in [0.05, 0.1) is 7.11 Å². The van der Waals surface area contributed by atoms with Crippen LogP contribution < -0.4 is 10.1 Å². The zero-order chi connectivity index (χ0) is 14.9. The number of fused-ring (bicyclic) bond motifs is 1. The van der Waals surface area contributed by atoms with Gasteiger partial charge in [0, 0.05) is 18.2 Å². The molecule has 0 saturated heterocycles. The Kier molecular flexibility index (Phi) is 3.70. The highest BCUT2D eigenvalue weighted by Crippen LogP contribution is 2.40. The highest BCUT2D eigenvalue weighted by Gasteiger charge is 2.32. The number of anilines is 1. The van der Waals surface area contributed by atoms with E-state index in [9.17, 15) is 9.59 Å². The van der Waals surface area contributed by atoms with E-state index in [1.165, 1.54) is 14.0 Å². The van der Waals surface area contributed by atoms with E-state index in [1.54, 1.807) is 12.1 Å². The number of ether oxygens (including phenoxy) is 2. The molecule has 1 aromatic carbocycles. The molecule has 0 bridgehead atoms. The molecule has 0 spiro atoms. The number of carbonyl (C=O) groups excluding carboxylic acids is 2. The maximum Gasteiger partial charge on any atom is 0.341 e. The van der Waals surface area contributed by atoms with Crippen LogP contribution in [-0.2, 0) is 16.0 Å². The molecule has 0 unspecified atom stereocenters. The first-order valence-corrected chi connectivity index (χ1v) is 6.55. The number of amides is 1. The summed E-state index contributed by atoms with van der Waals surface area (Å²) in [5.41, 5.74) is 1.59. The molecule has 0 fully saturated rings. The van der Waals surface area contributed by atoms with E-state index >= 15 is 0 Å². The van der Waals surface area contributed by atoms with E-state index in [4.69, 9.17) is 9.47 Å². The zero-order valence-corrected chi connectivity index (χ0v) is 12.2. The fourth-order valence-corrected chi connectivity index (χ4v) is 2.32. The van der Waals surface area contributed by atoms with Gasteiger partial charge in [-0.15, -0.1) is 0 Å². The molecule has 0 radical (unpaired) electrons. The van der Waals surface area contributed by atoms with Gasteiger partial charge >= 0.3 is 5.97 Å².